The lowest BCUT2D eigenvalue weighted by Crippen LogP contribution is -2.15. The van der Waals surface area contributed by atoms with E-state index in [-0.39, 0.29) is 0 Å². The summed E-state index contributed by atoms with van der Waals surface area (Å²) in [7, 11) is 1.93. The molecule has 0 atom stereocenters. The summed E-state index contributed by atoms with van der Waals surface area (Å²) in [4.78, 5) is 0. The predicted molar refractivity (Wildman–Crippen MR) is 81.4 cm³/mol. The van der Waals surface area contributed by atoms with Gasteiger partial charge in [-0.25, -0.2) is 0 Å². The predicted octanol–water partition coefficient (Wildman–Crippen LogP) is 3.27. The van der Waals surface area contributed by atoms with Crippen LogP contribution >= 0.6 is 11.6 Å². The maximum absolute atomic E-state index is 6.01. The lowest BCUT2D eigenvalue weighted by molar-refractivity contribution is 0.346. The topological polar surface area (TPSA) is 39.1 Å². The maximum atomic E-state index is 6.01. The van der Waals surface area contributed by atoms with Crippen LogP contribution in [0, 0.1) is 6.92 Å². The van der Waals surface area contributed by atoms with Gasteiger partial charge in [-0.15, -0.1) is 0 Å². The van der Waals surface area contributed by atoms with E-state index in [2.05, 4.69) is 16.5 Å². The summed E-state index contributed by atoms with van der Waals surface area (Å²) in [5.74, 6) is 0.885. The standard InChI is InChI=1S/C15H16ClN3O/c1-10-14(8-18-19(10)2)17-7-11-5-12-6-13(16)3-4-15(12)20-9-11/h3-6,8,17H,7,9H2,1-2H3. The molecule has 2 aromatic rings. The van der Waals surface area contributed by atoms with E-state index < -0.39 is 0 Å². The van der Waals surface area contributed by atoms with E-state index in [0.717, 1.165) is 34.3 Å². The molecule has 0 radical (unpaired) electrons. The molecule has 3 rings (SSSR count). The van der Waals surface area contributed by atoms with E-state index in [1.54, 1.807) is 0 Å². The lowest BCUT2D eigenvalue weighted by atomic mass is 10.1. The van der Waals surface area contributed by atoms with E-state index in [9.17, 15) is 0 Å². The Hall–Kier alpha value is -1.94. The molecule has 1 aromatic carbocycles. The highest BCUT2D eigenvalue weighted by Gasteiger charge is 2.12. The van der Waals surface area contributed by atoms with Crippen molar-refractivity contribution in [2.24, 2.45) is 7.05 Å². The van der Waals surface area contributed by atoms with Crippen LogP contribution in [0.15, 0.2) is 30.0 Å². The Bertz CT molecular complexity index is 676. The second-order valence-corrected chi connectivity index (χ2v) is 5.33. The summed E-state index contributed by atoms with van der Waals surface area (Å²) in [6.45, 7) is 3.37. The van der Waals surface area contributed by atoms with Gasteiger partial charge in [0.1, 0.15) is 12.4 Å². The molecule has 1 aromatic heterocycles. The second kappa shape index (κ2) is 5.21. The van der Waals surface area contributed by atoms with Crippen molar-refractivity contribution in [2.75, 3.05) is 18.5 Å². The zero-order chi connectivity index (χ0) is 14.1. The molecule has 20 heavy (non-hydrogen) atoms. The maximum Gasteiger partial charge on any atom is 0.127 e. The number of anilines is 1. The van der Waals surface area contributed by atoms with Gasteiger partial charge in [-0.3, -0.25) is 4.68 Å². The Morgan fingerprint density at radius 3 is 3.05 bits per heavy atom. The Kier molecular flexibility index (Phi) is 3.40. The quantitative estimate of drug-likeness (QED) is 0.942. The number of benzene rings is 1. The number of ether oxygens (including phenoxy) is 1. The van der Waals surface area contributed by atoms with Crippen molar-refractivity contribution in [3.63, 3.8) is 0 Å². The number of aromatic nitrogens is 2. The summed E-state index contributed by atoms with van der Waals surface area (Å²) < 4.78 is 7.58. The molecular weight excluding hydrogens is 274 g/mol. The van der Waals surface area contributed by atoms with Crippen LogP contribution in [0.4, 0.5) is 5.69 Å². The minimum atomic E-state index is 0.598. The molecule has 1 N–H and O–H groups in total. The van der Waals surface area contributed by atoms with Gasteiger partial charge in [0.05, 0.1) is 17.6 Å². The minimum Gasteiger partial charge on any atom is -0.489 e. The first-order chi connectivity index (χ1) is 9.63. The van der Waals surface area contributed by atoms with Crippen LogP contribution < -0.4 is 10.1 Å². The van der Waals surface area contributed by atoms with E-state index in [1.165, 1.54) is 5.57 Å². The third kappa shape index (κ3) is 2.51. The van der Waals surface area contributed by atoms with Gasteiger partial charge < -0.3 is 10.1 Å². The Morgan fingerprint density at radius 1 is 1.45 bits per heavy atom. The molecule has 0 unspecified atom stereocenters. The number of nitrogens with one attached hydrogen (secondary N) is 1. The summed E-state index contributed by atoms with van der Waals surface area (Å²) in [5, 5.41) is 8.32. The molecule has 0 bridgehead atoms. The average Bonchev–Trinajstić information content (AvgIpc) is 2.76. The van der Waals surface area contributed by atoms with Crippen molar-refractivity contribution in [3.05, 3.63) is 46.2 Å². The van der Waals surface area contributed by atoms with Crippen LogP contribution in [-0.2, 0) is 7.05 Å². The molecule has 0 saturated carbocycles. The van der Waals surface area contributed by atoms with Crippen molar-refractivity contribution in [1.82, 2.24) is 9.78 Å². The van der Waals surface area contributed by atoms with Gasteiger partial charge in [0.15, 0.2) is 0 Å². The Balaban J connectivity index is 1.74. The molecule has 0 fully saturated rings. The molecule has 0 saturated heterocycles. The highest BCUT2D eigenvalue weighted by molar-refractivity contribution is 6.30. The second-order valence-electron chi connectivity index (χ2n) is 4.89. The molecule has 1 aliphatic heterocycles. The van der Waals surface area contributed by atoms with Crippen molar-refractivity contribution >= 4 is 23.4 Å². The molecule has 4 nitrogen and oxygen atoms in total. The first kappa shape index (κ1) is 13.1. The van der Waals surface area contributed by atoms with Crippen molar-refractivity contribution in [2.45, 2.75) is 6.92 Å². The largest absolute Gasteiger partial charge is 0.489 e. The summed E-state index contributed by atoms with van der Waals surface area (Å²) in [6.07, 6.45) is 3.97. The molecule has 2 heterocycles. The van der Waals surface area contributed by atoms with Gasteiger partial charge in [0.25, 0.3) is 0 Å². The van der Waals surface area contributed by atoms with Gasteiger partial charge in [-0.05, 0) is 36.8 Å². The normalized spacial score (nSPS) is 13.4. The van der Waals surface area contributed by atoms with Crippen molar-refractivity contribution < 1.29 is 4.74 Å². The number of halogens is 1. The van der Waals surface area contributed by atoms with E-state index in [1.807, 2.05) is 43.0 Å². The minimum absolute atomic E-state index is 0.598. The zero-order valence-corrected chi connectivity index (χ0v) is 12.2. The number of fused-ring (bicyclic) bond motifs is 1. The Morgan fingerprint density at radius 2 is 2.30 bits per heavy atom. The zero-order valence-electron chi connectivity index (χ0n) is 11.5. The van der Waals surface area contributed by atoms with Crippen LogP contribution in [-0.4, -0.2) is 22.9 Å². The van der Waals surface area contributed by atoms with Gasteiger partial charge in [-0.2, -0.15) is 5.10 Å². The van der Waals surface area contributed by atoms with Crippen LogP contribution in [0.3, 0.4) is 0 Å². The van der Waals surface area contributed by atoms with E-state index >= 15 is 0 Å². The van der Waals surface area contributed by atoms with Crippen molar-refractivity contribution in [1.29, 1.82) is 0 Å². The smallest absolute Gasteiger partial charge is 0.127 e. The molecule has 1 aliphatic rings. The van der Waals surface area contributed by atoms with Crippen LogP contribution in [0.5, 0.6) is 5.75 Å². The van der Waals surface area contributed by atoms with Gasteiger partial charge in [-0.1, -0.05) is 11.6 Å². The third-order valence-corrected chi connectivity index (χ3v) is 3.72. The molecule has 0 amide bonds. The van der Waals surface area contributed by atoms with Crippen LogP contribution in [0.1, 0.15) is 11.3 Å². The Labute approximate surface area is 123 Å². The monoisotopic (exact) mass is 289 g/mol. The SMILES string of the molecule is Cc1c(NCC2=Cc3cc(Cl)ccc3OC2)cnn1C. The van der Waals surface area contributed by atoms with Crippen molar-refractivity contribution in [3.8, 4) is 5.75 Å². The van der Waals surface area contributed by atoms with E-state index in [0.29, 0.717) is 6.61 Å². The van der Waals surface area contributed by atoms with Crippen LogP contribution in [0.25, 0.3) is 6.08 Å². The number of rotatable bonds is 3. The number of hydrogen-bond donors (Lipinski definition) is 1. The summed E-state index contributed by atoms with van der Waals surface area (Å²) in [5.41, 5.74) is 4.38. The third-order valence-electron chi connectivity index (χ3n) is 3.49. The number of aryl methyl sites for hydroxylation is 1. The highest BCUT2D eigenvalue weighted by Crippen LogP contribution is 2.29. The molecule has 0 spiro atoms. The summed E-state index contributed by atoms with van der Waals surface area (Å²) in [6, 6.07) is 5.67. The molecule has 5 heteroatoms. The summed E-state index contributed by atoms with van der Waals surface area (Å²) >= 11 is 6.01. The van der Waals surface area contributed by atoms with Gasteiger partial charge >= 0.3 is 0 Å². The lowest BCUT2D eigenvalue weighted by Gasteiger charge is -2.18. The van der Waals surface area contributed by atoms with Gasteiger partial charge in [0, 0.05) is 24.2 Å². The molecular formula is C15H16ClN3O. The molecule has 104 valence electrons. The average molecular weight is 290 g/mol. The fourth-order valence-corrected chi connectivity index (χ4v) is 2.36. The van der Waals surface area contributed by atoms with Gasteiger partial charge in [0.2, 0.25) is 0 Å². The van der Waals surface area contributed by atoms with E-state index in [4.69, 9.17) is 16.3 Å². The number of nitrogens with zero attached hydrogens (tertiary/aromatic N) is 2. The fourth-order valence-electron chi connectivity index (χ4n) is 2.18. The first-order valence-electron chi connectivity index (χ1n) is 6.48. The highest BCUT2D eigenvalue weighted by atomic mass is 35.5. The molecule has 0 aliphatic carbocycles. The fraction of sp³-hybridized carbons (Fsp3) is 0.267. The first-order valence-corrected chi connectivity index (χ1v) is 6.85. The van der Waals surface area contributed by atoms with Crippen LogP contribution in [0.2, 0.25) is 5.02 Å². The number of hydrogen-bond acceptors (Lipinski definition) is 3.